The lowest BCUT2D eigenvalue weighted by atomic mass is 10.2. The first kappa shape index (κ1) is 12.1. The molecule has 2 rings (SSSR count). The molecule has 17 heavy (non-hydrogen) atoms. The molecular weight excluding hydrogens is 241 g/mol. The van der Waals surface area contributed by atoms with Crippen molar-refractivity contribution in [2.75, 3.05) is 6.54 Å². The van der Waals surface area contributed by atoms with Crippen molar-refractivity contribution in [1.82, 2.24) is 4.31 Å². The van der Waals surface area contributed by atoms with Gasteiger partial charge in [-0.05, 0) is 43.5 Å². The van der Waals surface area contributed by atoms with Crippen LogP contribution in [0.4, 0.5) is 4.39 Å². The molecule has 0 atom stereocenters. The Balaban J connectivity index is 2.31. The summed E-state index contributed by atoms with van der Waals surface area (Å²) in [5, 5.41) is 0. The molecule has 1 aromatic carbocycles. The van der Waals surface area contributed by atoms with E-state index in [2.05, 4.69) is 0 Å². The lowest BCUT2D eigenvalue weighted by Gasteiger charge is -2.18. The van der Waals surface area contributed by atoms with Crippen molar-refractivity contribution in [1.29, 1.82) is 0 Å². The molecule has 0 radical (unpaired) electrons. The first-order valence-corrected chi connectivity index (χ1v) is 6.99. The van der Waals surface area contributed by atoms with Crippen LogP contribution in [0.2, 0.25) is 0 Å². The topological polar surface area (TPSA) is 37.4 Å². The van der Waals surface area contributed by atoms with E-state index in [1.807, 2.05) is 6.08 Å². The lowest BCUT2D eigenvalue weighted by molar-refractivity contribution is 0.492. The van der Waals surface area contributed by atoms with Gasteiger partial charge in [0, 0.05) is 12.7 Å². The number of halogens is 1. The third-order valence-electron chi connectivity index (χ3n) is 2.69. The first-order chi connectivity index (χ1) is 8.10. The van der Waals surface area contributed by atoms with E-state index in [0.29, 0.717) is 6.54 Å². The smallest absolute Gasteiger partial charge is 0.263 e. The Morgan fingerprint density at radius 2 is 1.82 bits per heavy atom. The normalized spacial score (nSPS) is 16.9. The van der Waals surface area contributed by atoms with Crippen LogP contribution in [0.15, 0.2) is 41.4 Å². The highest BCUT2D eigenvalue weighted by Crippen LogP contribution is 2.19. The summed E-state index contributed by atoms with van der Waals surface area (Å²) < 4.78 is 38.5. The van der Waals surface area contributed by atoms with Gasteiger partial charge in [-0.25, -0.2) is 12.8 Å². The highest BCUT2D eigenvalue weighted by atomic mass is 32.2. The van der Waals surface area contributed by atoms with Gasteiger partial charge in [0.25, 0.3) is 10.0 Å². The summed E-state index contributed by atoms with van der Waals surface area (Å²) in [5.41, 5.74) is 0. The van der Waals surface area contributed by atoms with Crippen LogP contribution in [0.25, 0.3) is 0 Å². The fourth-order valence-corrected chi connectivity index (χ4v) is 3.11. The van der Waals surface area contributed by atoms with Gasteiger partial charge >= 0.3 is 0 Å². The van der Waals surface area contributed by atoms with Gasteiger partial charge in [0.15, 0.2) is 0 Å². The second-order valence-electron chi connectivity index (χ2n) is 3.95. The Bertz CT molecular complexity index is 508. The second-order valence-corrected chi connectivity index (χ2v) is 5.84. The van der Waals surface area contributed by atoms with Gasteiger partial charge in [-0.2, -0.15) is 0 Å². The largest absolute Gasteiger partial charge is 0.274 e. The molecule has 0 saturated carbocycles. The number of hydrogen-bond donors (Lipinski definition) is 0. The van der Waals surface area contributed by atoms with E-state index in [4.69, 9.17) is 0 Å². The summed E-state index contributed by atoms with van der Waals surface area (Å²) in [7, 11) is -3.52. The zero-order chi connectivity index (χ0) is 12.3. The maximum absolute atomic E-state index is 12.8. The predicted molar refractivity (Wildman–Crippen MR) is 63.3 cm³/mol. The summed E-state index contributed by atoms with van der Waals surface area (Å²) in [5.74, 6) is -0.435. The number of nitrogens with zero attached hydrogens (tertiary/aromatic N) is 1. The Hall–Kier alpha value is -1.36. The molecule has 0 amide bonds. The highest BCUT2D eigenvalue weighted by Gasteiger charge is 2.21. The molecule has 0 N–H and O–H groups in total. The maximum atomic E-state index is 12.8. The van der Waals surface area contributed by atoms with Crippen LogP contribution in [0.3, 0.4) is 0 Å². The van der Waals surface area contributed by atoms with E-state index >= 15 is 0 Å². The van der Waals surface area contributed by atoms with Crippen LogP contribution in [0.1, 0.15) is 19.3 Å². The number of benzene rings is 1. The molecule has 0 bridgehead atoms. The van der Waals surface area contributed by atoms with E-state index in [1.54, 1.807) is 6.20 Å². The van der Waals surface area contributed by atoms with Gasteiger partial charge in [0.05, 0.1) is 4.90 Å². The minimum absolute atomic E-state index is 0.130. The van der Waals surface area contributed by atoms with Crippen molar-refractivity contribution in [3.63, 3.8) is 0 Å². The fourth-order valence-electron chi connectivity index (χ4n) is 1.74. The second kappa shape index (κ2) is 4.87. The van der Waals surface area contributed by atoms with E-state index < -0.39 is 15.8 Å². The van der Waals surface area contributed by atoms with Gasteiger partial charge in [0.2, 0.25) is 0 Å². The van der Waals surface area contributed by atoms with E-state index in [1.165, 1.54) is 16.4 Å². The standard InChI is InChI=1S/C12H14FNO2S/c13-11-5-7-12(8-6-11)17(15,16)14-9-3-1-2-4-10-14/h3,5-9H,1-2,4,10H2. The molecule has 0 unspecified atom stereocenters. The molecule has 0 fully saturated rings. The third kappa shape index (κ3) is 2.66. The molecule has 3 nitrogen and oxygen atoms in total. The number of rotatable bonds is 2. The van der Waals surface area contributed by atoms with Crippen molar-refractivity contribution < 1.29 is 12.8 Å². The van der Waals surface area contributed by atoms with Crippen molar-refractivity contribution >= 4 is 10.0 Å². The van der Waals surface area contributed by atoms with Gasteiger partial charge in [-0.1, -0.05) is 6.08 Å². The van der Waals surface area contributed by atoms with Crippen molar-refractivity contribution in [3.8, 4) is 0 Å². The fraction of sp³-hybridized carbons (Fsp3) is 0.333. The third-order valence-corrected chi connectivity index (χ3v) is 4.48. The van der Waals surface area contributed by atoms with Crippen LogP contribution in [0, 0.1) is 5.82 Å². The Morgan fingerprint density at radius 1 is 1.12 bits per heavy atom. The molecule has 92 valence electrons. The molecule has 0 saturated heterocycles. The number of hydrogen-bond acceptors (Lipinski definition) is 2. The molecule has 0 aromatic heterocycles. The van der Waals surface area contributed by atoms with Crippen LogP contribution < -0.4 is 0 Å². The Labute approximate surface area is 101 Å². The number of allylic oxidation sites excluding steroid dienone is 1. The number of sulfonamides is 1. The summed E-state index contributed by atoms with van der Waals surface area (Å²) in [6, 6.07) is 4.91. The minimum Gasteiger partial charge on any atom is -0.274 e. The Morgan fingerprint density at radius 3 is 2.53 bits per heavy atom. The van der Waals surface area contributed by atoms with E-state index in [0.717, 1.165) is 31.4 Å². The quantitative estimate of drug-likeness (QED) is 0.814. The maximum Gasteiger partial charge on any atom is 0.263 e. The summed E-state index contributed by atoms with van der Waals surface area (Å²) in [4.78, 5) is 0.130. The molecule has 5 heteroatoms. The zero-order valence-corrected chi connectivity index (χ0v) is 10.2. The van der Waals surface area contributed by atoms with Crippen molar-refractivity contribution in [2.24, 2.45) is 0 Å². The van der Waals surface area contributed by atoms with Gasteiger partial charge in [-0.15, -0.1) is 0 Å². The van der Waals surface area contributed by atoms with Gasteiger partial charge < -0.3 is 0 Å². The first-order valence-electron chi connectivity index (χ1n) is 5.55. The zero-order valence-electron chi connectivity index (χ0n) is 9.34. The predicted octanol–water partition coefficient (Wildman–Crippen LogP) is 2.51. The summed E-state index contributed by atoms with van der Waals surface area (Å²) in [6.45, 7) is 0.482. The Kier molecular flexibility index (Phi) is 3.47. The van der Waals surface area contributed by atoms with E-state index in [9.17, 15) is 12.8 Å². The molecule has 1 aliphatic heterocycles. The van der Waals surface area contributed by atoms with E-state index in [-0.39, 0.29) is 4.90 Å². The molecular formula is C12H14FNO2S. The van der Waals surface area contributed by atoms with Crippen molar-refractivity contribution in [2.45, 2.75) is 24.2 Å². The van der Waals surface area contributed by atoms with Crippen LogP contribution in [0.5, 0.6) is 0 Å². The minimum atomic E-state index is -3.52. The van der Waals surface area contributed by atoms with Crippen LogP contribution in [-0.4, -0.2) is 19.3 Å². The molecule has 0 aliphatic carbocycles. The SMILES string of the molecule is O=S(=O)(c1ccc(F)cc1)N1C=CCCCC1. The highest BCUT2D eigenvalue weighted by molar-refractivity contribution is 7.89. The average molecular weight is 255 g/mol. The summed E-state index contributed by atoms with van der Waals surface area (Å²) in [6.07, 6.45) is 6.19. The average Bonchev–Trinajstić information content (AvgIpc) is 2.58. The molecule has 1 heterocycles. The monoisotopic (exact) mass is 255 g/mol. The van der Waals surface area contributed by atoms with Gasteiger partial charge in [-0.3, -0.25) is 4.31 Å². The van der Waals surface area contributed by atoms with Gasteiger partial charge in [0.1, 0.15) is 5.82 Å². The molecule has 0 spiro atoms. The summed E-state index contributed by atoms with van der Waals surface area (Å²) >= 11 is 0. The van der Waals surface area contributed by atoms with Crippen molar-refractivity contribution in [3.05, 3.63) is 42.4 Å². The molecule has 1 aromatic rings. The van der Waals surface area contributed by atoms with Crippen LogP contribution in [-0.2, 0) is 10.0 Å². The van der Waals surface area contributed by atoms with Crippen LogP contribution >= 0.6 is 0 Å². The molecule has 1 aliphatic rings. The lowest BCUT2D eigenvalue weighted by Crippen LogP contribution is -2.26.